The fourth-order valence-corrected chi connectivity index (χ4v) is 3.70. The van der Waals surface area contributed by atoms with Crippen LogP contribution >= 0.6 is 11.3 Å². The summed E-state index contributed by atoms with van der Waals surface area (Å²) >= 11 is 1.76. The minimum atomic E-state index is 1.27. The lowest BCUT2D eigenvalue weighted by molar-refractivity contribution is 1.47. The van der Waals surface area contributed by atoms with E-state index in [0.29, 0.717) is 0 Å². The van der Waals surface area contributed by atoms with Gasteiger partial charge in [0.2, 0.25) is 0 Å². The molecule has 0 unspecified atom stereocenters. The maximum Gasteiger partial charge on any atom is -0.00143 e. The first-order valence-corrected chi connectivity index (χ1v) is 8.38. The van der Waals surface area contributed by atoms with Gasteiger partial charge in [-0.25, -0.2) is 0 Å². The first-order chi connectivity index (χ1) is 10.8. The Balaban J connectivity index is 2.03. The number of thiophene rings is 1. The molecule has 1 aromatic heterocycles. The van der Waals surface area contributed by atoms with E-state index in [-0.39, 0.29) is 0 Å². The van der Waals surface area contributed by atoms with Gasteiger partial charge in [0, 0.05) is 0 Å². The third kappa shape index (κ3) is 2.34. The van der Waals surface area contributed by atoms with Gasteiger partial charge in [0.1, 0.15) is 0 Å². The second-order valence-electron chi connectivity index (χ2n) is 5.63. The summed E-state index contributed by atoms with van der Waals surface area (Å²) in [4.78, 5) is 0. The van der Waals surface area contributed by atoms with Crippen LogP contribution < -0.4 is 0 Å². The molecule has 0 radical (unpaired) electrons. The van der Waals surface area contributed by atoms with Gasteiger partial charge in [-0.2, -0.15) is 11.3 Å². The number of hydrogen-bond acceptors (Lipinski definition) is 1. The Morgan fingerprint density at radius 2 is 1.27 bits per heavy atom. The number of hydrogen-bond donors (Lipinski definition) is 0. The summed E-state index contributed by atoms with van der Waals surface area (Å²) in [7, 11) is 0. The summed E-state index contributed by atoms with van der Waals surface area (Å²) in [6, 6.07) is 24.0. The zero-order valence-electron chi connectivity index (χ0n) is 12.4. The van der Waals surface area contributed by atoms with E-state index in [0.717, 1.165) is 0 Å². The Kier molecular flexibility index (Phi) is 3.28. The molecule has 22 heavy (non-hydrogen) atoms. The van der Waals surface area contributed by atoms with E-state index in [1.807, 2.05) is 0 Å². The van der Waals surface area contributed by atoms with Crippen molar-refractivity contribution in [1.29, 1.82) is 0 Å². The lowest BCUT2D eigenvalue weighted by Gasteiger charge is -2.12. The molecular formula is C21H16S. The molecular weight excluding hydrogens is 284 g/mol. The van der Waals surface area contributed by atoms with Crippen LogP contribution in [0.25, 0.3) is 33.0 Å². The molecule has 1 heteroatoms. The molecule has 0 amide bonds. The Bertz CT molecular complexity index is 932. The predicted molar refractivity (Wildman–Crippen MR) is 97.4 cm³/mol. The zero-order valence-corrected chi connectivity index (χ0v) is 13.2. The summed E-state index contributed by atoms with van der Waals surface area (Å²) in [5.41, 5.74) is 6.46. The van der Waals surface area contributed by atoms with Crippen molar-refractivity contribution in [1.82, 2.24) is 0 Å². The standard InChI is InChI=1S/C21H16S/c1-15-6-5-9-17(10-15)21-12-19-14-22-13-18(19)11-20(21)16-7-3-2-4-8-16/h2-14H,1H3. The molecule has 0 bridgehead atoms. The molecule has 0 saturated carbocycles. The lowest BCUT2D eigenvalue weighted by Crippen LogP contribution is -1.86. The summed E-state index contributed by atoms with van der Waals surface area (Å²) < 4.78 is 0. The second kappa shape index (κ2) is 5.43. The van der Waals surface area contributed by atoms with Crippen LogP contribution in [0.5, 0.6) is 0 Å². The van der Waals surface area contributed by atoms with Crippen LogP contribution in [0.1, 0.15) is 5.56 Å². The van der Waals surface area contributed by atoms with Crippen molar-refractivity contribution in [2.45, 2.75) is 6.92 Å². The van der Waals surface area contributed by atoms with Gasteiger partial charge in [-0.1, -0.05) is 60.2 Å². The van der Waals surface area contributed by atoms with E-state index in [2.05, 4.69) is 84.4 Å². The van der Waals surface area contributed by atoms with Gasteiger partial charge < -0.3 is 0 Å². The molecule has 4 aromatic rings. The van der Waals surface area contributed by atoms with E-state index in [1.165, 1.54) is 38.6 Å². The molecule has 4 rings (SSSR count). The van der Waals surface area contributed by atoms with Crippen LogP contribution in [0.15, 0.2) is 77.5 Å². The Labute approximate surface area is 134 Å². The van der Waals surface area contributed by atoms with Crippen LogP contribution in [0, 0.1) is 6.92 Å². The second-order valence-corrected chi connectivity index (χ2v) is 6.38. The van der Waals surface area contributed by atoms with Crippen molar-refractivity contribution in [2.75, 3.05) is 0 Å². The minimum absolute atomic E-state index is 1.27. The molecule has 0 aliphatic carbocycles. The van der Waals surface area contributed by atoms with E-state index in [4.69, 9.17) is 0 Å². The van der Waals surface area contributed by atoms with Crippen LogP contribution in [0.3, 0.4) is 0 Å². The molecule has 106 valence electrons. The molecule has 3 aromatic carbocycles. The average molecular weight is 300 g/mol. The van der Waals surface area contributed by atoms with Crippen molar-refractivity contribution < 1.29 is 0 Å². The fraction of sp³-hybridized carbons (Fsp3) is 0.0476. The highest BCUT2D eigenvalue weighted by Crippen LogP contribution is 2.36. The number of benzene rings is 3. The van der Waals surface area contributed by atoms with Gasteiger partial charge in [0.05, 0.1) is 0 Å². The third-order valence-electron chi connectivity index (χ3n) is 4.03. The maximum atomic E-state index is 2.32. The number of aryl methyl sites for hydroxylation is 1. The highest BCUT2D eigenvalue weighted by molar-refractivity contribution is 7.09. The molecule has 0 saturated heterocycles. The molecule has 0 spiro atoms. The van der Waals surface area contributed by atoms with Crippen LogP contribution in [-0.2, 0) is 0 Å². The monoisotopic (exact) mass is 300 g/mol. The van der Waals surface area contributed by atoms with Crippen molar-refractivity contribution >= 4 is 22.1 Å². The highest BCUT2D eigenvalue weighted by Gasteiger charge is 2.10. The molecule has 0 nitrogen and oxygen atoms in total. The van der Waals surface area contributed by atoms with Crippen LogP contribution in [0.2, 0.25) is 0 Å². The van der Waals surface area contributed by atoms with Crippen molar-refractivity contribution in [3.63, 3.8) is 0 Å². The molecule has 0 fully saturated rings. The fourth-order valence-electron chi connectivity index (χ4n) is 2.93. The van der Waals surface area contributed by atoms with Crippen molar-refractivity contribution in [3.05, 3.63) is 83.1 Å². The van der Waals surface area contributed by atoms with Gasteiger partial charge in [-0.3, -0.25) is 0 Å². The molecule has 0 aliphatic heterocycles. The highest BCUT2D eigenvalue weighted by atomic mass is 32.1. The first-order valence-electron chi connectivity index (χ1n) is 7.44. The largest absolute Gasteiger partial charge is 0.151 e. The molecule has 1 heterocycles. The quantitative estimate of drug-likeness (QED) is 0.394. The maximum absolute atomic E-state index is 2.32. The van der Waals surface area contributed by atoms with E-state index >= 15 is 0 Å². The third-order valence-corrected chi connectivity index (χ3v) is 4.81. The minimum Gasteiger partial charge on any atom is -0.151 e. The predicted octanol–water partition coefficient (Wildman–Crippen LogP) is 6.54. The molecule has 0 atom stereocenters. The van der Waals surface area contributed by atoms with Crippen LogP contribution in [-0.4, -0.2) is 0 Å². The van der Waals surface area contributed by atoms with Gasteiger partial charge in [-0.15, -0.1) is 0 Å². The van der Waals surface area contributed by atoms with Gasteiger partial charge in [0.15, 0.2) is 0 Å². The van der Waals surface area contributed by atoms with E-state index < -0.39 is 0 Å². The van der Waals surface area contributed by atoms with Gasteiger partial charge in [0.25, 0.3) is 0 Å². The molecule has 0 N–H and O–H groups in total. The number of rotatable bonds is 2. The summed E-state index contributed by atoms with van der Waals surface area (Å²) in [6.07, 6.45) is 0. The summed E-state index contributed by atoms with van der Waals surface area (Å²) in [6.45, 7) is 2.15. The average Bonchev–Trinajstić information content (AvgIpc) is 3.02. The number of fused-ring (bicyclic) bond motifs is 1. The topological polar surface area (TPSA) is 0 Å². The van der Waals surface area contributed by atoms with Crippen molar-refractivity contribution in [3.8, 4) is 22.3 Å². The first kappa shape index (κ1) is 13.3. The SMILES string of the molecule is Cc1cccc(-c2cc3cscc3cc2-c2ccccc2)c1. The Morgan fingerprint density at radius 1 is 0.636 bits per heavy atom. The zero-order chi connectivity index (χ0) is 14.9. The van der Waals surface area contributed by atoms with E-state index in [9.17, 15) is 0 Å². The summed E-state index contributed by atoms with van der Waals surface area (Å²) in [5.74, 6) is 0. The lowest BCUT2D eigenvalue weighted by atomic mass is 9.92. The van der Waals surface area contributed by atoms with E-state index in [1.54, 1.807) is 11.3 Å². The smallest absolute Gasteiger partial charge is 0.00143 e. The van der Waals surface area contributed by atoms with Crippen LogP contribution in [0.4, 0.5) is 0 Å². The van der Waals surface area contributed by atoms with Gasteiger partial charge >= 0.3 is 0 Å². The summed E-state index contributed by atoms with van der Waals surface area (Å²) in [5, 5.41) is 7.09. The normalized spacial score (nSPS) is 11.0. The van der Waals surface area contributed by atoms with Gasteiger partial charge in [-0.05, 0) is 62.8 Å². The Hall–Kier alpha value is -2.38. The molecule has 0 aliphatic rings. The Morgan fingerprint density at radius 3 is 1.95 bits per heavy atom. The van der Waals surface area contributed by atoms with Crippen molar-refractivity contribution in [2.24, 2.45) is 0 Å².